The van der Waals surface area contributed by atoms with Gasteiger partial charge >= 0.3 is 0 Å². The van der Waals surface area contributed by atoms with E-state index in [0.717, 1.165) is 50.2 Å². The second kappa shape index (κ2) is 15.8. The molecule has 0 atom stereocenters. The van der Waals surface area contributed by atoms with Gasteiger partial charge in [-0.3, -0.25) is 0 Å². The number of aryl methyl sites for hydroxylation is 1. The largest absolute Gasteiger partial charge is 0.488 e. The molecule has 4 rings (SSSR count). The van der Waals surface area contributed by atoms with Crippen LogP contribution in [-0.2, 0) is 9.84 Å². The van der Waals surface area contributed by atoms with E-state index in [0.29, 0.717) is 29.4 Å². The molecule has 0 amide bonds. The molecule has 2 aromatic rings. The van der Waals surface area contributed by atoms with Gasteiger partial charge in [0.15, 0.2) is 15.7 Å². The molecule has 2 aliphatic carbocycles. The zero-order valence-corrected chi connectivity index (χ0v) is 29.4. The number of hydrazine groups is 1. The lowest BCUT2D eigenvalue weighted by Gasteiger charge is -2.31. The van der Waals surface area contributed by atoms with Crippen LogP contribution >= 0.6 is 11.6 Å². The van der Waals surface area contributed by atoms with Gasteiger partial charge in [0.2, 0.25) is 5.95 Å². The Labute approximate surface area is 274 Å². The Balaban J connectivity index is 1.53. The summed E-state index contributed by atoms with van der Waals surface area (Å²) in [5.41, 5.74) is 6.72. The molecule has 4 N–H and O–H groups in total. The highest BCUT2D eigenvalue weighted by Gasteiger charge is 2.28. The van der Waals surface area contributed by atoms with E-state index in [1.165, 1.54) is 30.2 Å². The number of sulfone groups is 1. The van der Waals surface area contributed by atoms with Crippen LogP contribution in [0.25, 0.3) is 0 Å². The summed E-state index contributed by atoms with van der Waals surface area (Å²) in [5, 5.41) is 11.6. The molecule has 11 nitrogen and oxygen atoms in total. The van der Waals surface area contributed by atoms with Crippen LogP contribution in [0.15, 0.2) is 30.2 Å². The summed E-state index contributed by atoms with van der Waals surface area (Å²) in [5.74, 6) is 1.73. The number of nitrogens with zero attached hydrogens (tertiary/aromatic N) is 4. The summed E-state index contributed by atoms with van der Waals surface area (Å²) in [7, 11) is 4.35. The Bertz CT molecular complexity index is 1420. The lowest BCUT2D eigenvalue weighted by Crippen LogP contribution is -2.37. The monoisotopic (exact) mass is 662 g/mol. The molecule has 0 radical (unpaired) electrons. The molecule has 0 saturated heterocycles. The van der Waals surface area contributed by atoms with Crippen molar-refractivity contribution in [3.63, 3.8) is 0 Å². The van der Waals surface area contributed by atoms with Crippen LogP contribution in [-0.4, -0.2) is 92.7 Å². The Morgan fingerprint density at radius 2 is 1.84 bits per heavy atom. The topological polar surface area (TPSA) is 124 Å². The van der Waals surface area contributed by atoms with Crippen LogP contribution < -0.4 is 26.1 Å². The van der Waals surface area contributed by atoms with Gasteiger partial charge in [-0.05, 0) is 103 Å². The Morgan fingerprint density at radius 1 is 1.13 bits per heavy atom. The van der Waals surface area contributed by atoms with Crippen LogP contribution in [0.1, 0.15) is 69.4 Å². The second-order valence-corrected chi connectivity index (χ2v) is 15.8. The fourth-order valence-corrected chi connectivity index (χ4v) is 6.43. The minimum Gasteiger partial charge on any atom is -0.488 e. The lowest BCUT2D eigenvalue weighted by atomic mass is 9.80. The second-order valence-electron chi connectivity index (χ2n) is 12.8. The van der Waals surface area contributed by atoms with Crippen molar-refractivity contribution in [1.82, 2.24) is 30.6 Å². The molecule has 2 aliphatic rings. The maximum atomic E-state index is 12.8. The van der Waals surface area contributed by atoms with Crippen molar-refractivity contribution in [3.05, 3.63) is 46.4 Å². The number of nitrogens with one attached hydrogen (secondary N) is 4. The molecule has 45 heavy (non-hydrogen) atoms. The predicted molar refractivity (Wildman–Crippen MR) is 184 cm³/mol. The van der Waals surface area contributed by atoms with E-state index in [9.17, 15) is 8.42 Å². The fourth-order valence-electron chi connectivity index (χ4n) is 5.38. The minimum atomic E-state index is -3.39. The van der Waals surface area contributed by atoms with Crippen molar-refractivity contribution >= 4 is 38.9 Å². The standard InChI is InChI=1S/C32H51ClN8O3S/c1-21(2)45(42,43)20-25(19-41(7)34-4)37-31-28(33)18-36-32(39-31)38-29-16-22(3)27(17-30(29)44-26-12-13-26)23-8-10-24(11-9-23)35-14-15-40(5)6/h16-19,21,23-24,26,34-35H,8-15,20H2,1-7H3,(H2,36,37,38,39)/b25-19+. The maximum Gasteiger partial charge on any atom is 0.229 e. The fraction of sp³-hybridized carbons (Fsp3) is 0.625. The van der Waals surface area contributed by atoms with E-state index in [-0.39, 0.29) is 16.9 Å². The van der Waals surface area contributed by atoms with Crippen LogP contribution in [0.5, 0.6) is 5.75 Å². The van der Waals surface area contributed by atoms with Gasteiger partial charge in [0, 0.05) is 45.1 Å². The molecule has 0 unspecified atom stereocenters. The summed E-state index contributed by atoms with van der Waals surface area (Å²) in [6.07, 6.45) is 10.1. The van der Waals surface area contributed by atoms with Gasteiger partial charge in [-0.2, -0.15) is 4.98 Å². The van der Waals surface area contributed by atoms with Gasteiger partial charge in [-0.25, -0.2) is 18.8 Å². The van der Waals surface area contributed by atoms with Crippen LogP contribution in [0.2, 0.25) is 5.02 Å². The van der Waals surface area contributed by atoms with E-state index in [4.69, 9.17) is 16.3 Å². The van der Waals surface area contributed by atoms with Crippen molar-refractivity contribution in [2.24, 2.45) is 0 Å². The highest BCUT2D eigenvalue weighted by Crippen LogP contribution is 2.41. The summed E-state index contributed by atoms with van der Waals surface area (Å²) in [4.78, 5) is 11.3. The molecule has 0 spiro atoms. The van der Waals surface area contributed by atoms with Gasteiger partial charge in [0.1, 0.15) is 10.8 Å². The van der Waals surface area contributed by atoms with Crippen molar-refractivity contribution < 1.29 is 13.2 Å². The highest BCUT2D eigenvalue weighted by molar-refractivity contribution is 7.92. The van der Waals surface area contributed by atoms with E-state index in [1.54, 1.807) is 39.2 Å². The minimum absolute atomic E-state index is 0.201. The third-order valence-corrected chi connectivity index (χ3v) is 10.8. The smallest absolute Gasteiger partial charge is 0.229 e. The van der Waals surface area contributed by atoms with E-state index < -0.39 is 15.1 Å². The molecule has 1 aromatic carbocycles. The quantitative estimate of drug-likeness (QED) is 0.181. The van der Waals surface area contributed by atoms with Gasteiger partial charge in [-0.1, -0.05) is 11.6 Å². The van der Waals surface area contributed by atoms with Gasteiger partial charge in [0.05, 0.1) is 29.0 Å². The third-order valence-electron chi connectivity index (χ3n) is 8.39. The molecule has 13 heteroatoms. The molecule has 2 saturated carbocycles. The number of anilines is 3. The van der Waals surface area contributed by atoms with Gasteiger partial charge in [-0.15, -0.1) is 0 Å². The number of hydrogen-bond acceptors (Lipinski definition) is 11. The van der Waals surface area contributed by atoms with E-state index >= 15 is 0 Å². The summed E-state index contributed by atoms with van der Waals surface area (Å²) >= 11 is 6.49. The van der Waals surface area contributed by atoms with Gasteiger partial charge in [0.25, 0.3) is 0 Å². The van der Waals surface area contributed by atoms with Crippen LogP contribution in [0.4, 0.5) is 17.5 Å². The number of hydrogen-bond donors (Lipinski definition) is 4. The number of ether oxygens (including phenoxy) is 1. The zero-order valence-electron chi connectivity index (χ0n) is 27.8. The number of halogens is 1. The number of benzene rings is 1. The van der Waals surface area contributed by atoms with E-state index in [2.05, 4.69) is 69.4 Å². The molecule has 2 fully saturated rings. The summed E-state index contributed by atoms with van der Waals surface area (Å²) in [6, 6.07) is 4.91. The number of likely N-dealkylation sites (N-methyl/N-ethyl adjacent to an activating group) is 1. The molecule has 1 aromatic heterocycles. The highest BCUT2D eigenvalue weighted by atomic mass is 35.5. The molecule has 250 valence electrons. The first kappa shape index (κ1) is 35.2. The van der Waals surface area contributed by atoms with Crippen LogP contribution in [0, 0.1) is 6.92 Å². The van der Waals surface area contributed by atoms with Gasteiger partial charge < -0.3 is 30.6 Å². The first-order valence-electron chi connectivity index (χ1n) is 15.9. The summed E-state index contributed by atoms with van der Waals surface area (Å²) in [6.45, 7) is 7.56. The maximum absolute atomic E-state index is 12.8. The molecular weight excluding hydrogens is 612 g/mol. The Kier molecular flexibility index (Phi) is 12.3. The molecule has 1 heterocycles. The van der Waals surface area contributed by atoms with Crippen molar-refractivity contribution in [2.75, 3.05) is 57.7 Å². The lowest BCUT2D eigenvalue weighted by molar-refractivity contribution is 0.302. The normalized spacial score (nSPS) is 19.2. The predicted octanol–water partition coefficient (Wildman–Crippen LogP) is 5.04. The average molecular weight is 663 g/mol. The Morgan fingerprint density at radius 3 is 2.47 bits per heavy atom. The summed E-state index contributed by atoms with van der Waals surface area (Å²) < 4.78 is 31.9. The third kappa shape index (κ3) is 10.4. The number of rotatable bonds is 16. The van der Waals surface area contributed by atoms with Crippen molar-refractivity contribution in [1.29, 1.82) is 0 Å². The zero-order chi connectivity index (χ0) is 32.7. The van der Waals surface area contributed by atoms with E-state index in [1.807, 2.05) is 0 Å². The first-order valence-corrected chi connectivity index (χ1v) is 18.0. The average Bonchev–Trinajstić information content (AvgIpc) is 3.80. The SMILES string of the molecule is CNN(C)/C=C(\CS(=O)(=O)C(C)C)Nc1nc(Nc2cc(C)c(C3CCC(NCCN(C)C)CC3)cc2OC2CC2)ncc1Cl. The van der Waals surface area contributed by atoms with Crippen LogP contribution in [0.3, 0.4) is 0 Å². The molecular formula is C32H51ClN8O3S. The number of aromatic nitrogens is 2. The van der Waals surface area contributed by atoms with Crippen molar-refractivity contribution in [3.8, 4) is 5.75 Å². The molecule has 0 bridgehead atoms. The van der Waals surface area contributed by atoms with Crippen molar-refractivity contribution in [2.45, 2.75) is 82.6 Å². The molecule has 0 aliphatic heterocycles. The first-order chi connectivity index (χ1) is 21.3. The Hall–Kier alpha value is -2.64.